The largest absolute Gasteiger partial charge is 0.320 e. The van der Waals surface area contributed by atoms with Crippen LogP contribution in [0.5, 0.6) is 0 Å². The fourth-order valence-corrected chi connectivity index (χ4v) is 0.442. The van der Waals surface area contributed by atoms with Crippen molar-refractivity contribution in [1.82, 2.24) is 4.90 Å². The molecule has 0 unspecified atom stereocenters. The predicted molar refractivity (Wildman–Crippen MR) is 37.9 cm³/mol. The SMILES string of the molecule is C/C=C(\C)N(C)C(C)=O. The predicted octanol–water partition coefficient (Wildman–Crippen LogP) is 1.39. The summed E-state index contributed by atoms with van der Waals surface area (Å²) in [5, 5.41) is 0. The highest BCUT2D eigenvalue weighted by atomic mass is 16.2. The van der Waals surface area contributed by atoms with Gasteiger partial charge in [-0.25, -0.2) is 0 Å². The Labute approximate surface area is 56.2 Å². The van der Waals surface area contributed by atoms with Crippen molar-refractivity contribution in [2.75, 3.05) is 7.05 Å². The van der Waals surface area contributed by atoms with E-state index in [0.29, 0.717) is 0 Å². The van der Waals surface area contributed by atoms with Crippen LogP contribution in [0.4, 0.5) is 0 Å². The van der Waals surface area contributed by atoms with Crippen LogP contribution in [0.3, 0.4) is 0 Å². The zero-order chi connectivity index (χ0) is 7.44. The van der Waals surface area contributed by atoms with E-state index in [4.69, 9.17) is 0 Å². The Morgan fingerprint density at radius 2 is 1.89 bits per heavy atom. The van der Waals surface area contributed by atoms with Crippen molar-refractivity contribution < 1.29 is 4.79 Å². The fraction of sp³-hybridized carbons (Fsp3) is 0.571. The molecule has 2 heteroatoms. The Hall–Kier alpha value is -0.790. The summed E-state index contributed by atoms with van der Waals surface area (Å²) < 4.78 is 0. The van der Waals surface area contributed by atoms with Crippen molar-refractivity contribution in [3.05, 3.63) is 11.8 Å². The Morgan fingerprint density at radius 3 is 2.00 bits per heavy atom. The Kier molecular flexibility index (Phi) is 2.99. The first kappa shape index (κ1) is 8.21. The van der Waals surface area contributed by atoms with Crippen LogP contribution in [0.25, 0.3) is 0 Å². The molecule has 1 amide bonds. The molecule has 0 spiro atoms. The van der Waals surface area contributed by atoms with Crippen molar-refractivity contribution >= 4 is 5.91 Å². The molecular weight excluding hydrogens is 114 g/mol. The molecule has 0 bridgehead atoms. The van der Waals surface area contributed by atoms with Gasteiger partial charge < -0.3 is 4.90 Å². The summed E-state index contributed by atoms with van der Waals surface area (Å²) in [5.41, 5.74) is 0.988. The van der Waals surface area contributed by atoms with Crippen LogP contribution in [0.1, 0.15) is 20.8 Å². The molecule has 0 aromatic heterocycles. The topological polar surface area (TPSA) is 20.3 Å². The molecule has 0 N–H and O–H groups in total. The summed E-state index contributed by atoms with van der Waals surface area (Å²) in [6.45, 7) is 5.36. The summed E-state index contributed by atoms with van der Waals surface area (Å²) in [6.07, 6.45) is 1.90. The van der Waals surface area contributed by atoms with Crippen LogP contribution in [0.15, 0.2) is 11.8 Å². The van der Waals surface area contributed by atoms with E-state index in [0.717, 1.165) is 5.70 Å². The van der Waals surface area contributed by atoms with Crippen molar-refractivity contribution in [2.45, 2.75) is 20.8 Å². The number of allylic oxidation sites excluding steroid dienone is 2. The minimum atomic E-state index is 0.0746. The molecule has 0 rings (SSSR count). The molecule has 0 radical (unpaired) electrons. The van der Waals surface area contributed by atoms with Crippen LogP contribution < -0.4 is 0 Å². The molecule has 0 aromatic rings. The molecule has 0 aliphatic carbocycles. The van der Waals surface area contributed by atoms with Crippen LogP contribution >= 0.6 is 0 Å². The van der Waals surface area contributed by atoms with Crippen molar-refractivity contribution in [2.24, 2.45) is 0 Å². The molecule has 0 saturated heterocycles. The first-order valence-corrected chi connectivity index (χ1v) is 2.96. The number of amides is 1. The standard InChI is InChI=1S/C7H13NO/c1-5-6(2)8(4)7(3)9/h5H,1-4H3/b6-5+. The molecule has 0 aliphatic heterocycles. The molecule has 0 fully saturated rings. The van der Waals surface area contributed by atoms with Gasteiger partial charge in [-0.05, 0) is 13.8 Å². The van der Waals surface area contributed by atoms with Gasteiger partial charge in [0.2, 0.25) is 5.91 Å². The highest BCUT2D eigenvalue weighted by Crippen LogP contribution is 1.97. The first-order valence-electron chi connectivity index (χ1n) is 2.96. The third-order valence-corrected chi connectivity index (χ3v) is 1.42. The lowest BCUT2D eigenvalue weighted by atomic mass is 10.4. The number of rotatable bonds is 1. The van der Waals surface area contributed by atoms with Gasteiger partial charge in [-0.1, -0.05) is 6.08 Å². The average Bonchev–Trinajstić information content (AvgIpc) is 1.84. The van der Waals surface area contributed by atoms with E-state index >= 15 is 0 Å². The third-order valence-electron chi connectivity index (χ3n) is 1.42. The van der Waals surface area contributed by atoms with Crippen molar-refractivity contribution in [1.29, 1.82) is 0 Å². The van der Waals surface area contributed by atoms with Crippen molar-refractivity contribution in [3.63, 3.8) is 0 Å². The lowest BCUT2D eigenvalue weighted by Gasteiger charge is -2.13. The van der Waals surface area contributed by atoms with E-state index in [1.807, 2.05) is 19.9 Å². The van der Waals surface area contributed by atoms with E-state index in [1.165, 1.54) is 0 Å². The monoisotopic (exact) mass is 127 g/mol. The van der Waals surface area contributed by atoms with Gasteiger partial charge in [-0.3, -0.25) is 4.79 Å². The number of hydrogen-bond donors (Lipinski definition) is 0. The minimum Gasteiger partial charge on any atom is -0.320 e. The highest BCUT2D eigenvalue weighted by molar-refractivity contribution is 5.74. The Morgan fingerprint density at radius 1 is 1.44 bits per heavy atom. The molecule has 0 saturated carbocycles. The molecule has 0 aliphatic rings. The van der Waals surface area contributed by atoms with E-state index in [9.17, 15) is 4.79 Å². The molecule has 52 valence electrons. The first-order chi connectivity index (χ1) is 4.09. The third kappa shape index (κ3) is 2.31. The van der Waals surface area contributed by atoms with E-state index < -0.39 is 0 Å². The van der Waals surface area contributed by atoms with Crippen LogP contribution in [-0.4, -0.2) is 17.9 Å². The van der Waals surface area contributed by atoms with Gasteiger partial charge in [-0.2, -0.15) is 0 Å². The lowest BCUT2D eigenvalue weighted by Crippen LogP contribution is -2.21. The van der Waals surface area contributed by atoms with Crippen LogP contribution in [0, 0.1) is 0 Å². The smallest absolute Gasteiger partial charge is 0.223 e. The van der Waals surface area contributed by atoms with E-state index in [2.05, 4.69) is 0 Å². The second-order valence-electron chi connectivity index (χ2n) is 2.01. The minimum absolute atomic E-state index is 0.0746. The van der Waals surface area contributed by atoms with Gasteiger partial charge in [0.1, 0.15) is 0 Å². The maximum Gasteiger partial charge on any atom is 0.223 e. The Bertz CT molecular complexity index is 138. The lowest BCUT2D eigenvalue weighted by molar-refractivity contribution is -0.125. The average molecular weight is 127 g/mol. The number of hydrogen-bond acceptors (Lipinski definition) is 1. The molecule has 2 nitrogen and oxygen atoms in total. The second-order valence-corrected chi connectivity index (χ2v) is 2.01. The van der Waals surface area contributed by atoms with E-state index in [1.54, 1.807) is 18.9 Å². The second kappa shape index (κ2) is 3.28. The summed E-state index contributed by atoms with van der Waals surface area (Å²) in [6, 6.07) is 0. The summed E-state index contributed by atoms with van der Waals surface area (Å²) >= 11 is 0. The van der Waals surface area contributed by atoms with Crippen LogP contribution in [0.2, 0.25) is 0 Å². The number of carbonyl (C=O) groups is 1. The quantitative estimate of drug-likeness (QED) is 0.521. The fourth-order valence-electron chi connectivity index (χ4n) is 0.442. The molecule has 9 heavy (non-hydrogen) atoms. The molecule has 0 atom stereocenters. The van der Waals surface area contributed by atoms with Crippen molar-refractivity contribution in [3.8, 4) is 0 Å². The molecule has 0 heterocycles. The zero-order valence-electron chi connectivity index (χ0n) is 6.43. The van der Waals surface area contributed by atoms with Gasteiger partial charge in [0, 0.05) is 19.7 Å². The Balaban J connectivity index is 4.04. The van der Waals surface area contributed by atoms with Gasteiger partial charge >= 0.3 is 0 Å². The number of nitrogens with zero attached hydrogens (tertiary/aromatic N) is 1. The highest BCUT2D eigenvalue weighted by Gasteiger charge is 2.00. The summed E-state index contributed by atoms with van der Waals surface area (Å²) in [7, 11) is 1.76. The summed E-state index contributed by atoms with van der Waals surface area (Å²) in [4.78, 5) is 12.2. The van der Waals surface area contributed by atoms with Gasteiger partial charge in [0.05, 0.1) is 0 Å². The summed E-state index contributed by atoms with van der Waals surface area (Å²) in [5.74, 6) is 0.0746. The number of carbonyl (C=O) groups excluding carboxylic acids is 1. The normalized spacial score (nSPS) is 11.3. The van der Waals surface area contributed by atoms with Gasteiger partial charge in [0.25, 0.3) is 0 Å². The molecular formula is C7H13NO. The molecule has 0 aromatic carbocycles. The van der Waals surface area contributed by atoms with Crippen LogP contribution in [-0.2, 0) is 4.79 Å². The van der Waals surface area contributed by atoms with Gasteiger partial charge in [-0.15, -0.1) is 0 Å². The maximum absolute atomic E-state index is 10.6. The maximum atomic E-state index is 10.6. The zero-order valence-corrected chi connectivity index (χ0v) is 6.43. The van der Waals surface area contributed by atoms with Gasteiger partial charge in [0.15, 0.2) is 0 Å². The van der Waals surface area contributed by atoms with E-state index in [-0.39, 0.29) is 5.91 Å².